The molecule has 0 N–H and O–H groups in total. The third kappa shape index (κ3) is 10.1. The summed E-state index contributed by atoms with van der Waals surface area (Å²) in [6.45, 7) is 0. The molecular weight excluding hydrogens is 260 g/mol. The predicted molar refractivity (Wildman–Crippen MR) is 22.8 cm³/mol. The number of rotatable bonds is 0. The second kappa shape index (κ2) is 15.7. The van der Waals surface area contributed by atoms with E-state index < -0.39 is 0 Å². The van der Waals surface area contributed by atoms with Gasteiger partial charge in [-0.3, -0.25) is 0 Å². The summed E-state index contributed by atoms with van der Waals surface area (Å²) in [6.07, 6.45) is 0. The van der Waals surface area contributed by atoms with Crippen LogP contribution in [-0.2, 0) is 17.1 Å². The van der Waals surface area contributed by atoms with Crippen molar-refractivity contribution in [2.45, 2.75) is 0 Å². The molecule has 0 aromatic carbocycles. The molecule has 19 valence electrons. The van der Waals surface area contributed by atoms with Crippen LogP contribution in [0, 0.1) is 0 Å². The van der Waals surface area contributed by atoms with Crippen LogP contribution < -0.4 is 0 Å². The van der Waals surface area contributed by atoms with Gasteiger partial charge in [0.15, 0.2) is 0 Å². The van der Waals surface area contributed by atoms with Crippen LogP contribution in [0.1, 0.15) is 0 Å². The van der Waals surface area contributed by atoms with Crippen LogP contribution in [0.5, 0.6) is 0 Å². The molecule has 0 amide bonds. The minimum Gasteiger partial charge on any atom is 0.316 e. The van der Waals surface area contributed by atoms with E-state index in [1.807, 2.05) is 0 Å². The summed E-state index contributed by atoms with van der Waals surface area (Å²) in [6, 6.07) is 0. The second-order valence-corrected chi connectivity index (χ2v) is 0. The maximum Gasteiger partial charge on any atom is 0.316 e. The van der Waals surface area contributed by atoms with E-state index in [1.54, 1.807) is 0 Å². The van der Waals surface area contributed by atoms with Crippen LogP contribution >= 0.6 is 0 Å². The molecule has 0 fully saturated rings. The van der Waals surface area contributed by atoms with Crippen molar-refractivity contribution in [3.05, 3.63) is 0 Å². The molecule has 0 aliphatic rings. The van der Waals surface area contributed by atoms with Gasteiger partial charge in [-0.2, -0.15) is 0 Å². The Balaban J connectivity index is 0. The van der Waals surface area contributed by atoms with Crippen molar-refractivity contribution in [3.8, 4) is 0 Å². The minimum atomic E-state index is 0. The number of hydrogen-bond acceptors (Lipinski definition) is 0. The van der Waals surface area contributed by atoms with Crippen LogP contribution in [0.15, 0.2) is 0 Å². The molecule has 0 spiro atoms. The molecule has 0 saturated heterocycles. The van der Waals surface area contributed by atoms with Crippen molar-refractivity contribution >= 4 is 143 Å². The van der Waals surface area contributed by atoms with Gasteiger partial charge in [0, 0.05) is 17.1 Å². The van der Waals surface area contributed by atoms with Gasteiger partial charge in [-0.15, -0.1) is 0 Å². The van der Waals surface area contributed by atoms with Gasteiger partial charge in [0.05, 0.1) is 0 Å². The van der Waals surface area contributed by atoms with Crippen LogP contribution in [-0.4, -0.2) is 143 Å². The Morgan fingerprint density at radius 3 is 1.00 bits per heavy atom. The van der Waals surface area contributed by atoms with E-state index in [0.29, 0.717) is 0 Å². The first-order valence-corrected chi connectivity index (χ1v) is 0. The van der Waals surface area contributed by atoms with Gasteiger partial charge in [-0.1, -0.05) is 0 Å². The average Bonchev–Trinajstić information content (AvgIpc) is 0. The van der Waals surface area contributed by atoms with E-state index in [1.165, 1.54) is 0 Å². The molecule has 0 nitrogen and oxygen atoms in total. The van der Waals surface area contributed by atoms with Crippen molar-refractivity contribution in [1.82, 2.24) is 0 Å². The maximum atomic E-state index is 0. The third-order valence-corrected chi connectivity index (χ3v) is 0. The fourth-order valence-electron chi connectivity index (χ4n) is 0. The first-order valence-electron chi connectivity index (χ1n) is 0. The predicted octanol–water partition coefficient (Wildman–Crippen LogP) is -2.22. The first kappa shape index (κ1) is 23.1. The summed E-state index contributed by atoms with van der Waals surface area (Å²) in [5.74, 6) is 0. The molecule has 0 aliphatic carbocycles. The normalized spacial score (nSPS) is 0. The van der Waals surface area contributed by atoms with E-state index in [0.717, 1.165) is 0 Å². The molecule has 4 heteroatoms. The van der Waals surface area contributed by atoms with Crippen molar-refractivity contribution in [2.75, 3.05) is 0 Å². The molecule has 0 aliphatic heterocycles. The van der Waals surface area contributed by atoms with Crippen molar-refractivity contribution < 1.29 is 17.1 Å². The molecule has 1 radical (unpaired) electrons. The topological polar surface area (TPSA) is 0 Å². The monoisotopic (exact) mass is 263 g/mol. The SMILES string of the molecule is [CsH].[Cu].[KH].[MgH2]. The van der Waals surface area contributed by atoms with E-state index >= 15 is 0 Å². The minimum absolute atomic E-state index is 0. The maximum absolute atomic E-state index is 0. The summed E-state index contributed by atoms with van der Waals surface area (Å²) >= 11 is 0. The summed E-state index contributed by atoms with van der Waals surface area (Å²) in [4.78, 5) is 0. The zero-order chi connectivity index (χ0) is 0. The van der Waals surface area contributed by atoms with Gasteiger partial charge >= 0.3 is 143 Å². The van der Waals surface area contributed by atoms with Crippen molar-refractivity contribution in [2.24, 2.45) is 0 Å². The van der Waals surface area contributed by atoms with Gasteiger partial charge in [0.2, 0.25) is 0 Å². The Morgan fingerprint density at radius 1 is 1.00 bits per heavy atom. The Bertz CT molecular complexity index is 8.00. The van der Waals surface area contributed by atoms with Crippen LogP contribution in [0.25, 0.3) is 0 Å². The third-order valence-electron chi connectivity index (χ3n) is 0. The summed E-state index contributed by atoms with van der Waals surface area (Å²) < 4.78 is 0. The Hall–Kier alpha value is 4.97. The molecule has 0 aromatic heterocycles. The molecule has 0 heterocycles. The summed E-state index contributed by atoms with van der Waals surface area (Å²) in [5, 5.41) is 0. The fraction of sp³-hybridized carbons (Fsp3) is 0. The van der Waals surface area contributed by atoms with Gasteiger partial charge < -0.3 is 0 Å². The molecule has 0 atom stereocenters. The summed E-state index contributed by atoms with van der Waals surface area (Å²) in [5.41, 5.74) is 0. The molecule has 0 rings (SSSR count). The Kier molecular flexibility index (Phi) is 90.4. The molecule has 4 heavy (non-hydrogen) atoms. The molecule has 0 aromatic rings. The first-order chi connectivity index (χ1) is 0. The standard InChI is InChI=1S/Cs.Cu.K.Mg.4H. The molecule has 0 unspecified atom stereocenters. The van der Waals surface area contributed by atoms with E-state index in [9.17, 15) is 0 Å². The Labute approximate surface area is 154 Å². The van der Waals surface area contributed by atoms with E-state index in [4.69, 9.17) is 0 Å². The van der Waals surface area contributed by atoms with Gasteiger partial charge in [-0.25, -0.2) is 0 Å². The largest absolute Gasteiger partial charge is 0.316 e. The summed E-state index contributed by atoms with van der Waals surface area (Å²) in [7, 11) is 0. The van der Waals surface area contributed by atoms with Crippen LogP contribution in [0.4, 0.5) is 0 Å². The van der Waals surface area contributed by atoms with Gasteiger partial charge in [0.1, 0.15) is 0 Å². The van der Waals surface area contributed by atoms with Gasteiger partial charge in [-0.05, 0) is 0 Å². The van der Waals surface area contributed by atoms with E-state index in [-0.39, 0.29) is 160 Å². The zero-order valence-corrected chi connectivity index (χ0v) is 1.24. The Morgan fingerprint density at radius 2 is 1.00 bits per heavy atom. The van der Waals surface area contributed by atoms with Crippen molar-refractivity contribution in [3.63, 3.8) is 0 Å². The zero-order valence-electron chi connectivity index (χ0n) is 0.302. The quantitative estimate of drug-likeness (QED) is 0.435. The van der Waals surface area contributed by atoms with E-state index in [2.05, 4.69) is 0 Å². The average molecular weight is 264 g/mol. The van der Waals surface area contributed by atoms with Gasteiger partial charge in [0.25, 0.3) is 0 Å². The fourth-order valence-corrected chi connectivity index (χ4v) is 0. The molecule has 0 bridgehead atoms. The van der Waals surface area contributed by atoms with Crippen molar-refractivity contribution in [1.29, 1.82) is 0 Å². The van der Waals surface area contributed by atoms with Crippen LogP contribution in [0.2, 0.25) is 0 Å². The second-order valence-electron chi connectivity index (χ2n) is 0. The van der Waals surface area contributed by atoms with Crippen LogP contribution in [0.3, 0.4) is 0 Å². The molecular formula is H4CsCuKMg. The smallest absolute Gasteiger partial charge is 0.316 e. The molecule has 0 saturated carbocycles. The number of hydrogen-bond donors (Lipinski definition) is 0.